The molecule has 1 aliphatic rings. The Hall–Kier alpha value is -4.33. The van der Waals surface area contributed by atoms with E-state index in [4.69, 9.17) is 19.2 Å². The average molecular weight is 546 g/mol. The first-order valence-corrected chi connectivity index (χ1v) is 13.2. The van der Waals surface area contributed by atoms with E-state index in [1.165, 1.54) is 6.33 Å². The summed E-state index contributed by atoms with van der Waals surface area (Å²) in [5, 5.41) is 32.4. The fourth-order valence-electron chi connectivity index (χ4n) is 4.74. The van der Waals surface area contributed by atoms with E-state index in [2.05, 4.69) is 25.8 Å². The van der Waals surface area contributed by atoms with Crippen LogP contribution in [0.3, 0.4) is 0 Å². The second-order valence-electron chi connectivity index (χ2n) is 9.77. The van der Waals surface area contributed by atoms with Gasteiger partial charge in [-0.05, 0) is 12.0 Å². The van der Waals surface area contributed by atoms with E-state index in [0.717, 1.165) is 17.0 Å². The van der Waals surface area contributed by atoms with E-state index >= 15 is 0 Å². The van der Waals surface area contributed by atoms with Gasteiger partial charge in [-0.1, -0.05) is 42.4 Å². The summed E-state index contributed by atoms with van der Waals surface area (Å²) < 4.78 is 15.0. The molecule has 0 spiro atoms. The summed E-state index contributed by atoms with van der Waals surface area (Å²) in [5.41, 5.74) is 3.71. The molecule has 40 heavy (non-hydrogen) atoms. The molecule has 13 nitrogen and oxygen atoms in total. The zero-order valence-electron chi connectivity index (χ0n) is 22.2. The molecule has 13 heteroatoms. The number of hydrogen-bond acceptors (Lipinski definition) is 11. The molecule has 0 aliphatic carbocycles. The van der Waals surface area contributed by atoms with Gasteiger partial charge in [-0.2, -0.15) is 9.97 Å². The normalized spacial score (nSPS) is 20.8. The monoisotopic (exact) mass is 545 g/mol. The third-order valence-corrected chi connectivity index (χ3v) is 6.88. The molecule has 0 radical (unpaired) electrons. The van der Waals surface area contributed by atoms with Crippen LogP contribution in [0.5, 0.6) is 0 Å². The van der Waals surface area contributed by atoms with Crippen molar-refractivity contribution in [3.63, 3.8) is 0 Å². The van der Waals surface area contributed by atoms with Crippen LogP contribution in [-0.2, 0) is 31.2 Å². The maximum absolute atomic E-state index is 11.0. The van der Waals surface area contributed by atoms with Crippen LogP contribution in [0.15, 0.2) is 59.8 Å². The summed E-state index contributed by atoms with van der Waals surface area (Å²) in [6.07, 6.45) is 2.29. The number of aliphatic hydroxyl groups is 2. The number of hydrogen-bond donors (Lipinski definition) is 4. The first-order chi connectivity index (χ1) is 19.5. The number of anilines is 2. The lowest BCUT2D eigenvalue weighted by Gasteiger charge is -2.17. The summed E-state index contributed by atoms with van der Waals surface area (Å²) in [7, 11) is 1.93. The fourth-order valence-corrected chi connectivity index (χ4v) is 4.74. The predicted octanol–water partition coefficient (Wildman–Crippen LogP) is 2.37. The molecule has 4 aromatic heterocycles. The summed E-state index contributed by atoms with van der Waals surface area (Å²) in [6.45, 7) is 3.04. The maximum atomic E-state index is 11.0. The molecule has 1 aromatic carbocycles. The minimum atomic E-state index is -1.26. The molecular formula is C27H31N9O4. The molecule has 208 valence electrons. The Bertz CT molecular complexity index is 1580. The number of aromatic nitrogens is 7. The smallest absolute Gasteiger partial charge is 0.226 e. The van der Waals surface area contributed by atoms with Crippen LogP contribution in [0.4, 0.5) is 11.8 Å². The largest absolute Gasteiger partial charge is 0.387 e. The topological polar surface area (TPSA) is 161 Å². The molecule has 6 rings (SSSR count). The van der Waals surface area contributed by atoms with Crippen molar-refractivity contribution in [2.24, 2.45) is 7.05 Å². The highest BCUT2D eigenvalue weighted by Gasteiger charge is 2.47. The first kappa shape index (κ1) is 25.9. The zero-order chi connectivity index (χ0) is 27.6. The van der Waals surface area contributed by atoms with E-state index in [0.29, 0.717) is 54.6 Å². The highest BCUT2D eigenvalue weighted by molar-refractivity contribution is 5.84. The van der Waals surface area contributed by atoms with Gasteiger partial charge in [0, 0.05) is 38.8 Å². The minimum Gasteiger partial charge on any atom is -0.387 e. The molecular weight excluding hydrogens is 514 g/mol. The van der Waals surface area contributed by atoms with Crippen molar-refractivity contribution < 1.29 is 19.5 Å². The first-order valence-electron chi connectivity index (χ1n) is 13.2. The highest BCUT2D eigenvalue weighted by Crippen LogP contribution is 2.40. The third kappa shape index (κ3) is 5.13. The molecule has 5 heterocycles. The Morgan fingerprint density at radius 3 is 2.60 bits per heavy atom. The van der Waals surface area contributed by atoms with Gasteiger partial charge in [0.2, 0.25) is 5.95 Å². The van der Waals surface area contributed by atoms with Crippen LogP contribution >= 0.6 is 0 Å². The van der Waals surface area contributed by atoms with Gasteiger partial charge in [-0.25, -0.2) is 9.97 Å². The molecule has 0 unspecified atom stereocenters. The molecule has 4 N–H and O–H groups in total. The van der Waals surface area contributed by atoms with E-state index in [1.54, 1.807) is 17.0 Å². The SMILES string of the molecule is CCc1cc([C@H]2O[C@@H](n3cnc4c(NCc5ccccc5)nc(NCCc5cn(C)cn5)nc43)[C@H](O)[C@@H]2O)on1. The average Bonchev–Trinajstić information content (AvgIpc) is 3.76. The van der Waals surface area contributed by atoms with Crippen molar-refractivity contribution in [2.75, 3.05) is 17.2 Å². The molecule has 1 fully saturated rings. The van der Waals surface area contributed by atoms with Crippen molar-refractivity contribution in [1.29, 1.82) is 0 Å². The van der Waals surface area contributed by atoms with Gasteiger partial charge in [0.15, 0.2) is 29.0 Å². The van der Waals surface area contributed by atoms with Crippen molar-refractivity contribution >= 4 is 22.9 Å². The Kier molecular flexibility index (Phi) is 7.15. The summed E-state index contributed by atoms with van der Waals surface area (Å²) in [4.78, 5) is 18.3. The summed E-state index contributed by atoms with van der Waals surface area (Å²) in [5.74, 6) is 1.26. The van der Waals surface area contributed by atoms with E-state index in [-0.39, 0.29) is 0 Å². The second-order valence-corrected chi connectivity index (χ2v) is 9.77. The van der Waals surface area contributed by atoms with Crippen LogP contribution in [-0.4, -0.2) is 63.2 Å². The molecule has 1 aliphatic heterocycles. The number of aliphatic hydroxyl groups excluding tert-OH is 2. The molecule has 0 amide bonds. The Morgan fingerprint density at radius 1 is 1.00 bits per heavy atom. The number of rotatable bonds is 10. The molecule has 4 atom stereocenters. The summed E-state index contributed by atoms with van der Waals surface area (Å²) >= 11 is 0. The lowest BCUT2D eigenvalue weighted by atomic mass is 10.1. The molecule has 0 saturated carbocycles. The van der Waals surface area contributed by atoms with Crippen LogP contribution in [0.25, 0.3) is 11.2 Å². The maximum Gasteiger partial charge on any atom is 0.226 e. The van der Waals surface area contributed by atoms with Gasteiger partial charge in [0.25, 0.3) is 0 Å². The highest BCUT2D eigenvalue weighted by atomic mass is 16.6. The number of aryl methyl sites for hydroxylation is 2. The quantitative estimate of drug-likeness (QED) is 0.204. The van der Waals surface area contributed by atoms with Gasteiger partial charge in [-0.3, -0.25) is 4.57 Å². The van der Waals surface area contributed by atoms with Crippen LogP contribution in [0.1, 0.15) is 42.0 Å². The zero-order valence-corrected chi connectivity index (χ0v) is 22.2. The van der Waals surface area contributed by atoms with Crippen LogP contribution in [0.2, 0.25) is 0 Å². The third-order valence-electron chi connectivity index (χ3n) is 6.88. The van der Waals surface area contributed by atoms with E-state index in [9.17, 15) is 10.2 Å². The number of nitrogens with one attached hydrogen (secondary N) is 2. The Balaban J connectivity index is 1.30. The van der Waals surface area contributed by atoms with Crippen molar-refractivity contribution in [3.05, 3.63) is 78.0 Å². The summed E-state index contributed by atoms with van der Waals surface area (Å²) in [6, 6.07) is 11.7. The van der Waals surface area contributed by atoms with Gasteiger partial charge in [0.1, 0.15) is 18.3 Å². The lowest BCUT2D eigenvalue weighted by Crippen LogP contribution is -2.29. The molecule has 1 saturated heterocycles. The van der Waals surface area contributed by atoms with Gasteiger partial charge < -0.3 is 34.7 Å². The Labute approximate surface area is 229 Å². The number of imidazole rings is 2. The van der Waals surface area contributed by atoms with E-state index in [1.807, 2.05) is 55.1 Å². The number of ether oxygens (including phenoxy) is 1. The van der Waals surface area contributed by atoms with Gasteiger partial charge in [-0.15, -0.1) is 0 Å². The van der Waals surface area contributed by atoms with Gasteiger partial charge in [0.05, 0.1) is 24.0 Å². The lowest BCUT2D eigenvalue weighted by molar-refractivity contribution is -0.0434. The van der Waals surface area contributed by atoms with Crippen molar-refractivity contribution in [2.45, 2.75) is 50.8 Å². The standard InChI is InChI=1S/C27H31N9O4/c1-3-17-11-19(40-34-17)23-21(37)22(38)26(39-23)36-15-31-20-24(29-12-16-7-5-4-6-8-16)32-27(33-25(20)36)28-10-9-18-13-35(2)14-30-18/h4-8,11,13-15,21-23,26,37-38H,3,9-10,12H2,1-2H3,(H2,28,29,32,33)/t21-,22+,23+,26+/m0/s1. The Morgan fingerprint density at radius 2 is 1.85 bits per heavy atom. The fraction of sp³-hybridized carbons (Fsp3) is 0.370. The number of nitrogens with zero attached hydrogens (tertiary/aromatic N) is 7. The van der Waals surface area contributed by atoms with Gasteiger partial charge >= 0.3 is 0 Å². The van der Waals surface area contributed by atoms with Crippen molar-refractivity contribution in [1.82, 2.24) is 34.2 Å². The number of fused-ring (bicyclic) bond motifs is 1. The molecule has 0 bridgehead atoms. The number of benzene rings is 1. The van der Waals surface area contributed by atoms with Crippen molar-refractivity contribution in [3.8, 4) is 0 Å². The van der Waals surface area contributed by atoms with E-state index < -0.39 is 24.5 Å². The minimum absolute atomic E-state index is 0.354. The molecule has 5 aromatic rings. The predicted molar refractivity (Wildman–Crippen MR) is 145 cm³/mol. The van der Waals surface area contributed by atoms with Crippen LogP contribution in [0, 0.1) is 0 Å². The van der Waals surface area contributed by atoms with Crippen LogP contribution < -0.4 is 10.6 Å². The second kappa shape index (κ2) is 11.0.